The van der Waals surface area contributed by atoms with E-state index < -0.39 is 9.84 Å². The summed E-state index contributed by atoms with van der Waals surface area (Å²) < 4.78 is 30.8. The monoisotopic (exact) mass is 495 g/mol. The lowest BCUT2D eigenvalue weighted by Gasteiger charge is -2.17. The average Bonchev–Trinajstić information content (AvgIpc) is 3.24. The van der Waals surface area contributed by atoms with Crippen LogP contribution in [0.5, 0.6) is 0 Å². The fraction of sp³-hybridized carbons (Fsp3) is 0.391. The molecule has 180 valence electrons. The number of carboxylic acid groups (broad SMARTS) is 1. The van der Waals surface area contributed by atoms with E-state index in [1.54, 1.807) is 24.3 Å². The van der Waals surface area contributed by atoms with Crippen LogP contribution >= 0.6 is 11.6 Å². The van der Waals surface area contributed by atoms with E-state index in [9.17, 15) is 8.42 Å². The highest BCUT2D eigenvalue weighted by molar-refractivity contribution is 7.91. The highest BCUT2D eigenvalue weighted by Gasteiger charge is 2.19. The molecule has 33 heavy (non-hydrogen) atoms. The maximum absolute atomic E-state index is 12.6. The van der Waals surface area contributed by atoms with Gasteiger partial charge in [0.05, 0.1) is 34.8 Å². The van der Waals surface area contributed by atoms with E-state index in [2.05, 4.69) is 5.10 Å². The number of benzene rings is 2. The molecule has 0 saturated heterocycles. The zero-order valence-electron chi connectivity index (χ0n) is 19.0. The van der Waals surface area contributed by atoms with Crippen molar-refractivity contribution in [1.82, 2.24) is 4.90 Å². The van der Waals surface area contributed by atoms with Gasteiger partial charge < -0.3 is 14.7 Å². The van der Waals surface area contributed by atoms with Gasteiger partial charge in [-0.25, -0.2) is 8.42 Å². The van der Waals surface area contributed by atoms with Crippen molar-refractivity contribution in [2.75, 3.05) is 44.6 Å². The molecule has 0 fully saturated rings. The van der Waals surface area contributed by atoms with Gasteiger partial charge in [-0.15, -0.1) is 0 Å². The summed E-state index contributed by atoms with van der Waals surface area (Å²) >= 11 is 5.95. The molecular formula is C23H30ClN3O5S. The quantitative estimate of drug-likeness (QED) is 0.532. The Kier molecular flexibility index (Phi) is 10.3. The van der Waals surface area contributed by atoms with Crippen molar-refractivity contribution in [1.29, 1.82) is 0 Å². The van der Waals surface area contributed by atoms with Gasteiger partial charge in [0.2, 0.25) is 0 Å². The first-order chi connectivity index (χ1) is 15.7. The van der Waals surface area contributed by atoms with Crippen LogP contribution in [0.1, 0.15) is 18.9 Å². The molecule has 1 aliphatic heterocycles. The van der Waals surface area contributed by atoms with Gasteiger partial charge in [-0.2, -0.15) is 5.10 Å². The van der Waals surface area contributed by atoms with Gasteiger partial charge in [-0.1, -0.05) is 23.7 Å². The Morgan fingerprint density at radius 2 is 1.79 bits per heavy atom. The second-order valence-electron chi connectivity index (χ2n) is 7.79. The lowest BCUT2D eigenvalue weighted by Crippen LogP contribution is -2.27. The molecule has 0 spiro atoms. The van der Waals surface area contributed by atoms with Crippen LogP contribution in [0.15, 0.2) is 58.5 Å². The Hall–Kier alpha value is -2.46. The van der Waals surface area contributed by atoms with E-state index in [0.29, 0.717) is 9.92 Å². The lowest BCUT2D eigenvalue weighted by atomic mass is 10.1. The largest absolute Gasteiger partial charge is 0.483 e. The molecule has 0 saturated carbocycles. The summed E-state index contributed by atoms with van der Waals surface area (Å²) in [6.45, 7) is 3.38. The second-order valence-corrected chi connectivity index (χ2v) is 10.3. The Morgan fingerprint density at radius 1 is 1.18 bits per heavy atom. The Labute approximate surface area is 200 Å². The van der Waals surface area contributed by atoms with E-state index in [0.717, 1.165) is 36.5 Å². The number of hydrogen-bond acceptors (Lipinski definition) is 7. The Morgan fingerprint density at radius 3 is 2.36 bits per heavy atom. The summed E-state index contributed by atoms with van der Waals surface area (Å²) in [5, 5.41) is 14.2. The second kappa shape index (κ2) is 12.7. The first kappa shape index (κ1) is 26.8. The number of halogens is 1. The molecule has 2 aromatic rings. The average molecular weight is 496 g/mol. The van der Waals surface area contributed by atoms with Gasteiger partial charge >= 0.3 is 0 Å². The van der Waals surface area contributed by atoms with Crippen LogP contribution in [0.2, 0.25) is 5.02 Å². The van der Waals surface area contributed by atoms with Gasteiger partial charge in [-0.3, -0.25) is 9.80 Å². The maximum atomic E-state index is 12.6. The molecule has 0 aromatic heterocycles. The number of nitrogens with zero attached hydrogens (tertiary/aromatic N) is 3. The van der Waals surface area contributed by atoms with E-state index in [1.165, 1.54) is 0 Å². The van der Waals surface area contributed by atoms with Crippen molar-refractivity contribution in [3.63, 3.8) is 0 Å². The van der Waals surface area contributed by atoms with Crippen molar-refractivity contribution in [2.24, 2.45) is 5.10 Å². The normalized spacial score (nSPS) is 14.5. The number of ether oxygens (including phenoxy) is 1. The minimum atomic E-state index is -3.39. The predicted molar refractivity (Wildman–Crippen MR) is 131 cm³/mol. The first-order valence-electron chi connectivity index (χ1n) is 10.4. The maximum Gasteiger partial charge on any atom is 0.290 e. The van der Waals surface area contributed by atoms with Crippen LogP contribution in [-0.4, -0.2) is 76.3 Å². The van der Waals surface area contributed by atoms with Crippen LogP contribution in [0.4, 0.5) is 5.69 Å². The van der Waals surface area contributed by atoms with Crippen molar-refractivity contribution in [3.8, 4) is 0 Å². The van der Waals surface area contributed by atoms with Gasteiger partial charge in [0.1, 0.15) is 0 Å². The molecule has 1 aliphatic rings. The molecule has 1 atom stereocenters. The van der Waals surface area contributed by atoms with E-state index in [-0.39, 0.29) is 24.9 Å². The molecule has 8 nitrogen and oxygen atoms in total. The number of carbonyl (C=O) groups is 1. The van der Waals surface area contributed by atoms with Crippen LogP contribution < -0.4 is 5.01 Å². The molecular weight excluding hydrogens is 466 g/mol. The number of hydrogen-bond donors (Lipinski definition) is 1. The molecule has 1 N–H and O–H groups in total. The number of anilines is 1. The number of hydrazone groups is 1. The van der Waals surface area contributed by atoms with Crippen molar-refractivity contribution in [3.05, 3.63) is 59.1 Å². The van der Waals surface area contributed by atoms with Crippen molar-refractivity contribution >= 4 is 39.3 Å². The third-order valence-electron chi connectivity index (χ3n) is 4.85. The summed E-state index contributed by atoms with van der Waals surface area (Å²) in [4.78, 5) is 10.7. The van der Waals surface area contributed by atoms with Crippen LogP contribution in [0, 0.1) is 0 Å². The van der Waals surface area contributed by atoms with Crippen molar-refractivity contribution < 1.29 is 23.1 Å². The van der Waals surface area contributed by atoms with Gasteiger partial charge in [0.25, 0.3) is 6.47 Å². The number of likely N-dealkylation sites (N-methyl/N-ethyl adjacent to an activating group) is 1. The molecule has 2 aromatic carbocycles. The fourth-order valence-electron chi connectivity index (χ4n) is 3.36. The van der Waals surface area contributed by atoms with Crippen molar-refractivity contribution in [2.45, 2.75) is 24.3 Å². The molecule has 1 unspecified atom stereocenters. The SMILES string of the molecule is CC(CN(C)C)OCCS(=O)(=O)c1ccc(N2CCC(c3ccc(Cl)cc3)=N2)cc1.O=CO. The van der Waals surface area contributed by atoms with Crippen LogP contribution in [0.25, 0.3) is 0 Å². The highest BCUT2D eigenvalue weighted by atomic mass is 35.5. The summed E-state index contributed by atoms with van der Waals surface area (Å²) in [6.07, 6.45) is 0.810. The Bertz CT molecular complexity index is 1030. The summed E-state index contributed by atoms with van der Waals surface area (Å²) in [5.41, 5.74) is 2.91. The fourth-order valence-corrected chi connectivity index (χ4v) is 4.59. The molecule has 0 aliphatic carbocycles. The first-order valence-corrected chi connectivity index (χ1v) is 12.5. The summed E-state index contributed by atoms with van der Waals surface area (Å²) in [5.74, 6) is -0.0350. The smallest absolute Gasteiger partial charge is 0.290 e. The lowest BCUT2D eigenvalue weighted by molar-refractivity contribution is -0.122. The van der Waals surface area contributed by atoms with Gasteiger partial charge in [0.15, 0.2) is 9.84 Å². The standard InChI is InChI=1S/C22H28ClN3O3S.CH2O2/c1-17(16-25(2)3)29-14-15-30(27,28)21-10-8-20(9-11-21)26-13-12-22(24-26)18-4-6-19(23)7-5-18;2-1-3/h4-11,17H,12-16H2,1-3H3;1H,(H,2,3). The third-order valence-corrected chi connectivity index (χ3v) is 6.80. The predicted octanol–water partition coefficient (Wildman–Crippen LogP) is 3.40. The van der Waals surface area contributed by atoms with Gasteiger partial charge in [-0.05, 0) is 63.0 Å². The van der Waals surface area contributed by atoms with Crippen LogP contribution in [-0.2, 0) is 19.4 Å². The Balaban J connectivity index is 0.00000122. The molecule has 0 bridgehead atoms. The van der Waals surface area contributed by atoms with Gasteiger partial charge in [0, 0.05) is 24.5 Å². The molecule has 0 amide bonds. The van der Waals surface area contributed by atoms with E-state index >= 15 is 0 Å². The summed E-state index contributed by atoms with van der Waals surface area (Å²) in [7, 11) is 0.531. The molecule has 1 heterocycles. The topological polar surface area (TPSA) is 99.5 Å². The minimum Gasteiger partial charge on any atom is -0.483 e. The zero-order valence-corrected chi connectivity index (χ0v) is 20.6. The summed E-state index contributed by atoms with van der Waals surface area (Å²) in [6, 6.07) is 14.5. The number of rotatable bonds is 9. The van der Waals surface area contributed by atoms with E-state index in [1.807, 2.05) is 55.2 Å². The zero-order chi connectivity index (χ0) is 24.4. The highest BCUT2D eigenvalue weighted by Crippen LogP contribution is 2.24. The number of sulfone groups is 1. The minimum absolute atomic E-state index is 0.0135. The molecule has 10 heteroatoms. The van der Waals surface area contributed by atoms with Crippen LogP contribution in [0.3, 0.4) is 0 Å². The molecule has 3 rings (SSSR count). The van der Waals surface area contributed by atoms with E-state index in [4.69, 9.17) is 26.2 Å². The third kappa shape index (κ3) is 8.43. The molecule has 0 radical (unpaired) electrons.